The number of fused-ring (bicyclic) bond motifs is 1. The highest BCUT2D eigenvalue weighted by atomic mass is 16.5. The topological polar surface area (TPSA) is 45.7 Å². The normalized spacial score (nSPS) is 15.0. The molecule has 0 atom stereocenters. The zero-order chi connectivity index (χ0) is 20.5. The summed E-state index contributed by atoms with van der Waals surface area (Å²) in [5, 5.41) is 1.08. The van der Waals surface area contributed by atoms with Crippen LogP contribution in [0.4, 0.5) is 0 Å². The third kappa shape index (κ3) is 6.17. The maximum Gasteiger partial charge on any atom is 0.222 e. The van der Waals surface area contributed by atoms with Gasteiger partial charge in [0.1, 0.15) is 5.75 Å². The zero-order valence-corrected chi connectivity index (χ0v) is 18.0. The number of aryl methyl sites for hydroxylation is 1. The predicted octanol–water partition coefficient (Wildman–Crippen LogP) is 4.29. The minimum Gasteiger partial charge on any atom is -0.497 e. The first kappa shape index (κ1) is 21.6. The van der Waals surface area contributed by atoms with Crippen LogP contribution in [0.5, 0.6) is 5.75 Å². The lowest BCUT2D eigenvalue weighted by molar-refractivity contribution is -0.132. The number of hydrogen-bond donors (Lipinski definition) is 0. The third-order valence-corrected chi connectivity index (χ3v) is 5.95. The van der Waals surface area contributed by atoms with E-state index in [1.165, 1.54) is 38.6 Å². The number of aromatic nitrogens is 1. The lowest BCUT2D eigenvalue weighted by Crippen LogP contribution is -2.48. The van der Waals surface area contributed by atoms with Crippen molar-refractivity contribution in [3.63, 3.8) is 0 Å². The van der Waals surface area contributed by atoms with Crippen molar-refractivity contribution in [2.45, 2.75) is 51.9 Å². The molecule has 5 heteroatoms. The summed E-state index contributed by atoms with van der Waals surface area (Å²) >= 11 is 0. The number of methoxy groups -OCH3 is 1. The number of rotatable bonds is 10. The fourth-order valence-corrected chi connectivity index (χ4v) is 4.09. The van der Waals surface area contributed by atoms with Crippen molar-refractivity contribution >= 4 is 16.8 Å². The molecule has 2 heterocycles. The number of carbonyl (C=O) groups is 1. The number of ether oxygens (including phenoxy) is 1. The van der Waals surface area contributed by atoms with Crippen LogP contribution in [0.3, 0.4) is 0 Å². The molecule has 0 N–H and O–H groups in total. The Morgan fingerprint density at radius 2 is 1.86 bits per heavy atom. The van der Waals surface area contributed by atoms with Gasteiger partial charge in [-0.05, 0) is 49.2 Å². The number of hydrogen-bond acceptors (Lipinski definition) is 4. The summed E-state index contributed by atoms with van der Waals surface area (Å²) in [6.07, 6.45) is 9.73. The molecule has 2 aromatic rings. The van der Waals surface area contributed by atoms with Gasteiger partial charge in [-0.1, -0.05) is 32.6 Å². The van der Waals surface area contributed by atoms with Crippen molar-refractivity contribution in [3.8, 4) is 5.75 Å². The van der Waals surface area contributed by atoms with Crippen molar-refractivity contribution in [2.75, 3.05) is 39.8 Å². The molecule has 1 amide bonds. The summed E-state index contributed by atoms with van der Waals surface area (Å²) in [5.74, 6) is 1.09. The Morgan fingerprint density at radius 3 is 2.62 bits per heavy atom. The zero-order valence-electron chi connectivity index (χ0n) is 18.0. The molecule has 0 saturated carbocycles. The second kappa shape index (κ2) is 11.1. The Bertz CT molecular complexity index is 785. The molecule has 1 aliphatic heterocycles. The highest BCUT2D eigenvalue weighted by Gasteiger charge is 2.20. The first-order chi connectivity index (χ1) is 14.2. The van der Waals surface area contributed by atoms with E-state index in [2.05, 4.69) is 16.8 Å². The molecule has 1 aliphatic rings. The Balaban J connectivity index is 1.45. The molecule has 0 radical (unpaired) electrons. The predicted molar refractivity (Wildman–Crippen MR) is 118 cm³/mol. The molecule has 0 bridgehead atoms. The van der Waals surface area contributed by atoms with Gasteiger partial charge in [0.2, 0.25) is 5.91 Å². The van der Waals surface area contributed by atoms with Gasteiger partial charge in [-0.15, -0.1) is 0 Å². The van der Waals surface area contributed by atoms with Crippen LogP contribution in [0, 0.1) is 0 Å². The van der Waals surface area contributed by atoms with E-state index >= 15 is 0 Å². The number of pyridine rings is 1. The number of benzene rings is 1. The van der Waals surface area contributed by atoms with Crippen molar-refractivity contribution in [1.29, 1.82) is 0 Å². The molecular formula is C24H35N3O2. The molecule has 0 aliphatic carbocycles. The minimum absolute atomic E-state index is 0.264. The maximum absolute atomic E-state index is 12.7. The maximum atomic E-state index is 12.7. The van der Waals surface area contributed by atoms with Crippen LogP contribution < -0.4 is 4.74 Å². The number of unbranched alkanes of at least 4 members (excludes halogenated alkanes) is 4. The van der Waals surface area contributed by atoms with Gasteiger partial charge in [0.15, 0.2) is 0 Å². The lowest BCUT2D eigenvalue weighted by Gasteiger charge is -2.34. The van der Waals surface area contributed by atoms with E-state index in [-0.39, 0.29) is 5.91 Å². The Morgan fingerprint density at radius 1 is 1.07 bits per heavy atom. The summed E-state index contributed by atoms with van der Waals surface area (Å²) in [5.41, 5.74) is 2.11. The highest BCUT2D eigenvalue weighted by molar-refractivity contribution is 5.84. The first-order valence-corrected chi connectivity index (χ1v) is 11.1. The van der Waals surface area contributed by atoms with Crippen LogP contribution >= 0.6 is 0 Å². The van der Waals surface area contributed by atoms with E-state index in [0.717, 1.165) is 54.8 Å². The van der Waals surface area contributed by atoms with Crippen LogP contribution in [-0.2, 0) is 11.2 Å². The summed E-state index contributed by atoms with van der Waals surface area (Å²) in [7, 11) is 1.67. The van der Waals surface area contributed by atoms with Gasteiger partial charge in [-0.25, -0.2) is 0 Å². The molecule has 0 unspecified atom stereocenters. The summed E-state index contributed by atoms with van der Waals surface area (Å²) in [6.45, 7) is 7.17. The monoisotopic (exact) mass is 397 g/mol. The molecule has 158 valence electrons. The SMILES string of the molecule is CCCCCCCN1CCN(C(=O)CCc2ccnc3ccc(OC)cc23)CC1. The van der Waals surface area contributed by atoms with E-state index in [1.807, 2.05) is 35.4 Å². The fourth-order valence-electron chi connectivity index (χ4n) is 4.09. The quantitative estimate of drug-likeness (QED) is 0.561. The minimum atomic E-state index is 0.264. The number of carbonyl (C=O) groups excluding carboxylic acids is 1. The third-order valence-electron chi connectivity index (χ3n) is 5.95. The molecule has 1 aromatic carbocycles. The molecule has 1 saturated heterocycles. The van der Waals surface area contributed by atoms with E-state index in [4.69, 9.17) is 4.74 Å². The molecule has 1 aromatic heterocycles. The van der Waals surface area contributed by atoms with E-state index in [0.29, 0.717) is 6.42 Å². The molecular weight excluding hydrogens is 362 g/mol. The van der Waals surface area contributed by atoms with E-state index < -0.39 is 0 Å². The van der Waals surface area contributed by atoms with Crippen molar-refractivity contribution in [3.05, 3.63) is 36.0 Å². The van der Waals surface area contributed by atoms with Gasteiger partial charge in [0.05, 0.1) is 12.6 Å². The lowest BCUT2D eigenvalue weighted by atomic mass is 10.0. The van der Waals surface area contributed by atoms with Gasteiger partial charge in [0.25, 0.3) is 0 Å². The van der Waals surface area contributed by atoms with Crippen LogP contribution in [0.2, 0.25) is 0 Å². The van der Waals surface area contributed by atoms with Crippen LogP contribution in [-0.4, -0.2) is 60.5 Å². The highest BCUT2D eigenvalue weighted by Crippen LogP contribution is 2.23. The van der Waals surface area contributed by atoms with Gasteiger partial charge < -0.3 is 9.64 Å². The fraction of sp³-hybridized carbons (Fsp3) is 0.583. The smallest absolute Gasteiger partial charge is 0.222 e. The van der Waals surface area contributed by atoms with Crippen LogP contribution in [0.15, 0.2) is 30.5 Å². The number of piperazine rings is 1. The second-order valence-electron chi connectivity index (χ2n) is 7.99. The van der Waals surface area contributed by atoms with E-state index in [9.17, 15) is 4.79 Å². The first-order valence-electron chi connectivity index (χ1n) is 11.1. The summed E-state index contributed by atoms with van der Waals surface area (Å²) in [4.78, 5) is 21.7. The molecule has 29 heavy (non-hydrogen) atoms. The van der Waals surface area contributed by atoms with Crippen molar-refractivity contribution in [1.82, 2.24) is 14.8 Å². The van der Waals surface area contributed by atoms with Crippen molar-refractivity contribution < 1.29 is 9.53 Å². The van der Waals surface area contributed by atoms with Gasteiger partial charge in [0, 0.05) is 44.2 Å². The molecule has 3 rings (SSSR count). The number of nitrogens with zero attached hydrogens (tertiary/aromatic N) is 3. The molecule has 1 fully saturated rings. The van der Waals surface area contributed by atoms with Crippen LogP contribution in [0.1, 0.15) is 51.0 Å². The summed E-state index contributed by atoms with van der Waals surface area (Å²) < 4.78 is 5.35. The Labute approximate surface area is 175 Å². The largest absolute Gasteiger partial charge is 0.497 e. The molecule has 5 nitrogen and oxygen atoms in total. The summed E-state index contributed by atoms with van der Waals surface area (Å²) in [6, 6.07) is 7.93. The van der Waals surface area contributed by atoms with Gasteiger partial charge in [-0.2, -0.15) is 0 Å². The second-order valence-corrected chi connectivity index (χ2v) is 7.99. The van der Waals surface area contributed by atoms with Crippen molar-refractivity contribution in [2.24, 2.45) is 0 Å². The number of amides is 1. The average Bonchev–Trinajstić information content (AvgIpc) is 2.77. The Kier molecular flexibility index (Phi) is 8.29. The standard InChI is InChI=1S/C24H35N3O2/c1-3-4-5-6-7-14-26-15-17-27(18-16-26)24(28)11-8-20-12-13-25-23-10-9-21(29-2)19-22(20)23/h9-10,12-13,19H,3-8,11,14-18H2,1-2H3. The average molecular weight is 398 g/mol. The van der Waals surface area contributed by atoms with Gasteiger partial charge in [-0.3, -0.25) is 14.7 Å². The van der Waals surface area contributed by atoms with E-state index in [1.54, 1.807) is 7.11 Å². The Hall–Kier alpha value is -2.14. The van der Waals surface area contributed by atoms with Gasteiger partial charge >= 0.3 is 0 Å². The molecule has 0 spiro atoms. The van der Waals surface area contributed by atoms with Crippen LogP contribution in [0.25, 0.3) is 10.9 Å².